The van der Waals surface area contributed by atoms with Crippen molar-refractivity contribution in [3.63, 3.8) is 0 Å². The second kappa shape index (κ2) is 7.95. The third-order valence-electron chi connectivity index (χ3n) is 4.78. The first-order valence-electron chi connectivity index (χ1n) is 9.72. The van der Waals surface area contributed by atoms with Crippen LogP contribution in [0.4, 0.5) is 0 Å². The molecular formula is C23H22ClN3O3. The van der Waals surface area contributed by atoms with Crippen LogP contribution < -0.4 is 9.47 Å². The summed E-state index contributed by atoms with van der Waals surface area (Å²) in [4.78, 5) is 17.6. The molecule has 6 nitrogen and oxygen atoms in total. The number of carbonyl (C=O) groups excluding carboxylic acids is 1. The van der Waals surface area contributed by atoms with Gasteiger partial charge in [-0.25, -0.2) is 9.67 Å². The molecule has 4 rings (SSSR count). The molecule has 0 unspecified atom stereocenters. The fourth-order valence-corrected chi connectivity index (χ4v) is 3.72. The SMILES string of the molecule is CCOc1cc(C(=O)C(=Cc2ccccc2Cl)n2cncn2)cc2c1OC(C)(C)C2. The molecule has 3 aromatic rings. The number of allylic oxidation sites excluding steroid dienone is 1. The third kappa shape index (κ3) is 3.96. The first-order valence-corrected chi connectivity index (χ1v) is 10.1. The Kier molecular flexibility index (Phi) is 5.35. The molecule has 0 spiro atoms. The molecular weight excluding hydrogens is 402 g/mol. The maximum atomic E-state index is 13.6. The van der Waals surface area contributed by atoms with Crippen molar-refractivity contribution in [1.82, 2.24) is 14.8 Å². The highest BCUT2D eigenvalue weighted by molar-refractivity contribution is 6.33. The minimum absolute atomic E-state index is 0.214. The lowest BCUT2D eigenvalue weighted by Gasteiger charge is -2.18. The average molecular weight is 424 g/mol. The molecule has 30 heavy (non-hydrogen) atoms. The molecule has 0 fully saturated rings. The fraction of sp³-hybridized carbons (Fsp3) is 0.261. The van der Waals surface area contributed by atoms with E-state index in [0.717, 1.165) is 5.56 Å². The second-order valence-corrected chi connectivity index (χ2v) is 8.06. The number of nitrogens with zero attached hydrogens (tertiary/aromatic N) is 3. The lowest BCUT2D eigenvalue weighted by molar-refractivity contribution is 0.105. The molecule has 2 heterocycles. The van der Waals surface area contributed by atoms with Crippen LogP contribution >= 0.6 is 11.6 Å². The van der Waals surface area contributed by atoms with Crippen LogP contribution in [0.15, 0.2) is 49.1 Å². The Balaban J connectivity index is 1.82. The number of fused-ring (bicyclic) bond motifs is 1. The van der Waals surface area contributed by atoms with E-state index in [1.54, 1.807) is 18.2 Å². The maximum Gasteiger partial charge on any atom is 0.211 e. The molecule has 0 amide bonds. The van der Waals surface area contributed by atoms with Crippen LogP contribution in [-0.4, -0.2) is 32.8 Å². The van der Waals surface area contributed by atoms with Gasteiger partial charge in [0, 0.05) is 22.6 Å². The van der Waals surface area contributed by atoms with E-state index in [4.69, 9.17) is 21.1 Å². The molecule has 2 aromatic carbocycles. The number of Topliss-reactive ketones (excluding diaryl/α,β-unsaturated/α-hetero) is 1. The Hall–Kier alpha value is -3.12. The summed E-state index contributed by atoms with van der Waals surface area (Å²) in [7, 11) is 0. The highest BCUT2D eigenvalue weighted by Gasteiger charge is 2.34. The summed E-state index contributed by atoms with van der Waals surface area (Å²) in [5, 5.41) is 4.70. The monoisotopic (exact) mass is 423 g/mol. The molecule has 0 radical (unpaired) electrons. The fourth-order valence-electron chi connectivity index (χ4n) is 3.53. The lowest BCUT2D eigenvalue weighted by Crippen LogP contribution is -2.24. The van der Waals surface area contributed by atoms with Gasteiger partial charge in [0.15, 0.2) is 11.5 Å². The topological polar surface area (TPSA) is 66.2 Å². The predicted octanol–water partition coefficient (Wildman–Crippen LogP) is 4.92. The number of hydrogen-bond donors (Lipinski definition) is 0. The van der Waals surface area contributed by atoms with Crippen LogP contribution in [0.2, 0.25) is 5.02 Å². The van der Waals surface area contributed by atoms with Gasteiger partial charge >= 0.3 is 0 Å². The Morgan fingerprint density at radius 3 is 2.83 bits per heavy atom. The summed E-state index contributed by atoms with van der Waals surface area (Å²) in [6.07, 6.45) is 5.28. The van der Waals surface area contributed by atoms with Crippen molar-refractivity contribution in [2.24, 2.45) is 0 Å². The van der Waals surface area contributed by atoms with E-state index in [9.17, 15) is 4.79 Å². The normalized spacial score (nSPS) is 14.9. The van der Waals surface area contributed by atoms with Crippen molar-refractivity contribution in [2.45, 2.75) is 32.8 Å². The standard InChI is InChI=1S/C23H22ClN3O3/c1-4-29-20-11-16(9-17-12-23(2,3)30-22(17)20)21(28)19(27-14-25-13-26-27)10-15-7-5-6-8-18(15)24/h5-11,13-14H,4,12H2,1-3H3. The Morgan fingerprint density at radius 2 is 2.13 bits per heavy atom. The van der Waals surface area contributed by atoms with Gasteiger partial charge in [0.2, 0.25) is 5.78 Å². The number of hydrogen-bond acceptors (Lipinski definition) is 5. The zero-order chi connectivity index (χ0) is 21.3. The Labute approximate surface area is 180 Å². The number of benzene rings is 2. The van der Waals surface area contributed by atoms with Gasteiger partial charge in [-0.05, 0) is 50.6 Å². The largest absolute Gasteiger partial charge is 0.490 e. The summed E-state index contributed by atoms with van der Waals surface area (Å²) in [5.41, 5.74) is 2.14. The zero-order valence-corrected chi connectivity index (χ0v) is 17.8. The van der Waals surface area contributed by atoms with Crippen LogP contribution in [0.5, 0.6) is 11.5 Å². The first-order chi connectivity index (χ1) is 14.4. The van der Waals surface area contributed by atoms with Crippen molar-refractivity contribution >= 4 is 29.2 Å². The van der Waals surface area contributed by atoms with Gasteiger partial charge in [-0.1, -0.05) is 29.8 Å². The Morgan fingerprint density at radius 1 is 1.33 bits per heavy atom. The highest BCUT2D eigenvalue weighted by Crippen LogP contribution is 2.43. The second-order valence-electron chi connectivity index (χ2n) is 7.65. The lowest BCUT2D eigenvalue weighted by atomic mass is 9.97. The van der Waals surface area contributed by atoms with Gasteiger partial charge in [-0.2, -0.15) is 5.10 Å². The molecule has 0 atom stereocenters. The van der Waals surface area contributed by atoms with Gasteiger partial charge in [0.1, 0.15) is 24.0 Å². The smallest absolute Gasteiger partial charge is 0.211 e. The van der Waals surface area contributed by atoms with Crippen molar-refractivity contribution in [3.8, 4) is 11.5 Å². The summed E-state index contributed by atoms with van der Waals surface area (Å²) >= 11 is 6.32. The molecule has 7 heteroatoms. The van der Waals surface area contributed by atoms with Crippen LogP contribution in [0.25, 0.3) is 11.8 Å². The Bertz CT molecular complexity index is 1120. The maximum absolute atomic E-state index is 13.6. The van der Waals surface area contributed by atoms with E-state index in [1.165, 1.54) is 17.3 Å². The van der Waals surface area contributed by atoms with Crippen LogP contribution in [0.1, 0.15) is 42.3 Å². The van der Waals surface area contributed by atoms with Gasteiger partial charge in [-0.15, -0.1) is 0 Å². The number of ether oxygens (including phenoxy) is 2. The van der Waals surface area contributed by atoms with E-state index in [0.29, 0.717) is 46.4 Å². The van der Waals surface area contributed by atoms with Crippen LogP contribution in [0, 0.1) is 0 Å². The van der Waals surface area contributed by atoms with Crippen molar-refractivity contribution < 1.29 is 14.3 Å². The van der Waals surface area contributed by atoms with Crippen molar-refractivity contribution in [1.29, 1.82) is 0 Å². The molecule has 0 saturated carbocycles. The molecule has 0 N–H and O–H groups in total. The quantitative estimate of drug-likeness (QED) is 0.415. The van der Waals surface area contributed by atoms with Crippen LogP contribution in [-0.2, 0) is 6.42 Å². The van der Waals surface area contributed by atoms with Crippen molar-refractivity contribution in [2.75, 3.05) is 6.61 Å². The number of ketones is 1. The minimum Gasteiger partial charge on any atom is -0.490 e. The molecule has 1 aromatic heterocycles. The van der Waals surface area contributed by atoms with Gasteiger partial charge < -0.3 is 9.47 Å². The molecule has 1 aliphatic heterocycles. The summed E-state index contributed by atoms with van der Waals surface area (Å²) in [6, 6.07) is 10.9. The summed E-state index contributed by atoms with van der Waals surface area (Å²) in [6.45, 7) is 6.41. The zero-order valence-electron chi connectivity index (χ0n) is 17.1. The third-order valence-corrected chi connectivity index (χ3v) is 5.13. The van der Waals surface area contributed by atoms with E-state index >= 15 is 0 Å². The van der Waals surface area contributed by atoms with E-state index < -0.39 is 0 Å². The van der Waals surface area contributed by atoms with E-state index in [1.807, 2.05) is 45.0 Å². The van der Waals surface area contributed by atoms with Gasteiger partial charge in [-0.3, -0.25) is 4.79 Å². The van der Waals surface area contributed by atoms with E-state index in [2.05, 4.69) is 10.1 Å². The molecule has 0 aliphatic carbocycles. The average Bonchev–Trinajstić information content (AvgIpc) is 3.33. The van der Waals surface area contributed by atoms with Crippen molar-refractivity contribution in [3.05, 3.63) is 70.8 Å². The number of halogens is 1. The van der Waals surface area contributed by atoms with Gasteiger partial charge in [0.25, 0.3) is 0 Å². The van der Waals surface area contributed by atoms with E-state index in [-0.39, 0.29) is 11.4 Å². The highest BCUT2D eigenvalue weighted by atomic mass is 35.5. The molecule has 1 aliphatic rings. The molecule has 0 bridgehead atoms. The number of aromatic nitrogens is 3. The number of rotatable bonds is 6. The van der Waals surface area contributed by atoms with Crippen LogP contribution in [0.3, 0.4) is 0 Å². The summed E-state index contributed by atoms with van der Waals surface area (Å²) in [5.74, 6) is 1.06. The molecule has 0 saturated heterocycles. The first kappa shape index (κ1) is 20.2. The van der Waals surface area contributed by atoms with Gasteiger partial charge in [0.05, 0.1) is 6.61 Å². The minimum atomic E-state index is -0.349. The number of carbonyl (C=O) groups is 1. The molecule has 154 valence electrons. The summed E-state index contributed by atoms with van der Waals surface area (Å²) < 4.78 is 13.3. The predicted molar refractivity (Wildman–Crippen MR) is 116 cm³/mol.